The quantitative estimate of drug-likeness (QED) is 0.800. The zero-order valence-electron chi connectivity index (χ0n) is 16.7. The normalized spacial score (nSPS) is 27.4. The molecule has 2 fully saturated rings. The zero-order chi connectivity index (χ0) is 20.9. The van der Waals surface area contributed by atoms with E-state index >= 15 is 0 Å². The molecule has 0 saturated carbocycles. The Hall–Kier alpha value is -2.55. The predicted octanol–water partition coefficient (Wildman–Crippen LogP) is 2.31. The predicted molar refractivity (Wildman–Crippen MR) is 103 cm³/mol. The van der Waals surface area contributed by atoms with Crippen molar-refractivity contribution >= 4 is 6.03 Å². The van der Waals surface area contributed by atoms with Gasteiger partial charge in [-0.1, -0.05) is 6.07 Å². The van der Waals surface area contributed by atoms with E-state index in [4.69, 9.17) is 0 Å². The maximum absolute atomic E-state index is 14.1. The number of hydrogen-bond acceptors (Lipinski definition) is 4. The van der Waals surface area contributed by atoms with Gasteiger partial charge in [-0.3, -0.25) is 0 Å². The van der Waals surface area contributed by atoms with E-state index in [1.54, 1.807) is 0 Å². The molecule has 160 valence electrons. The van der Waals surface area contributed by atoms with Crippen LogP contribution in [0.15, 0.2) is 18.2 Å². The Kier molecular flexibility index (Phi) is 4.72. The average molecular weight is 417 g/mol. The molecule has 0 spiro atoms. The Bertz CT molecular complexity index is 964. The topological polar surface area (TPSA) is 83.3 Å². The third kappa shape index (κ3) is 3.45. The van der Waals surface area contributed by atoms with E-state index in [2.05, 4.69) is 20.1 Å². The van der Waals surface area contributed by atoms with Crippen molar-refractivity contribution in [2.24, 2.45) is 0 Å². The standard InChI is InChI=1S/C21H25F2N5O2/c22-14-4-3-13(17(23)8-14)9-21(30)10-15-5-6-16(11-21)28(15)20(29)24-12-19-26-25-18-2-1-7-27(18)19/h3-4,8,15-16,30H,1-2,5-7,9-12H2,(H,24,29)/t15-,16-/m0/s1. The maximum Gasteiger partial charge on any atom is 0.318 e. The highest BCUT2D eigenvalue weighted by Crippen LogP contribution is 2.42. The lowest BCUT2D eigenvalue weighted by Gasteiger charge is -2.43. The molecule has 1 aromatic carbocycles. The van der Waals surface area contributed by atoms with Crippen LogP contribution in [0.25, 0.3) is 0 Å². The highest BCUT2D eigenvalue weighted by atomic mass is 19.1. The molecule has 0 aliphatic carbocycles. The highest BCUT2D eigenvalue weighted by molar-refractivity contribution is 5.75. The van der Waals surface area contributed by atoms with Crippen LogP contribution < -0.4 is 5.32 Å². The van der Waals surface area contributed by atoms with Crippen LogP contribution in [0.3, 0.4) is 0 Å². The van der Waals surface area contributed by atoms with E-state index in [1.807, 2.05) is 4.90 Å². The smallest absolute Gasteiger partial charge is 0.318 e. The van der Waals surface area contributed by atoms with Gasteiger partial charge in [-0.15, -0.1) is 10.2 Å². The summed E-state index contributed by atoms with van der Waals surface area (Å²) >= 11 is 0. The van der Waals surface area contributed by atoms with Crippen molar-refractivity contribution in [3.8, 4) is 0 Å². The van der Waals surface area contributed by atoms with Crippen molar-refractivity contribution in [2.75, 3.05) is 0 Å². The fraction of sp³-hybridized carbons (Fsp3) is 0.571. The second-order valence-electron chi connectivity index (χ2n) is 8.78. The van der Waals surface area contributed by atoms with Gasteiger partial charge in [0.1, 0.15) is 17.5 Å². The van der Waals surface area contributed by atoms with Gasteiger partial charge in [-0.05, 0) is 43.7 Å². The van der Waals surface area contributed by atoms with Crippen molar-refractivity contribution in [3.63, 3.8) is 0 Å². The number of aliphatic hydroxyl groups is 1. The number of carbonyl (C=O) groups is 1. The Balaban J connectivity index is 1.24. The third-order valence-corrected chi connectivity index (χ3v) is 6.70. The summed E-state index contributed by atoms with van der Waals surface area (Å²) in [5.41, 5.74) is -0.799. The molecule has 0 unspecified atom stereocenters. The van der Waals surface area contributed by atoms with Crippen LogP contribution in [-0.4, -0.2) is 48.5 Å². The Morgan fingerprint density at radius 1 is 1.23 bits per heavy atom. The van der Waals surface area contributed by atoms with Gasteiger partial charge in [-0.25, -0.2) is 13.6 Å². The van der Waals surface area contributed by atoms with Gasteiger partial charge in [0, 0.05) is 37.5 Å². The number of rotatable bonds is 4. The number of fused-ring (bicyclic) bond motifs is 3. The summed E-state index contributed by atoms with van der Waals surface area (Å²) in [5, 5.41) is 22.4. The number of urea groups is 1. The summed E-state index contributed by atoms with van der Waals surface area (Å²) in [6.07, 6.45) is 4.48. The van der Waals surface area contributed by atoms with Crippen LogP contribution in [0.1, 0.15) is 49.3 Å². The molecule has 4 heterocycles. The number of benzene rings is 1. The molecule has 7 nitrogen and oxygen atoms in total. The van der Waals surface area contributed by atoms with Crippen LogP contribution in [0.5, 0.6) is 0 Å². The molecule has 3 aliphatic heterocycles. The minimum Gasteiger partial charge on any atom is -0.389 e. The van der Waals surface area contributed by atoms with Gasteiger partial charge in [0.05, 0.1) is 12.1 Å². The number of piperidine rings is 1. The van der Waals surface area contributed by atoms with Crippen LogP contribution >= 0.6 is 0 Å². The summed E-state index contributed by atoms with van der Waals surface area (Å²) in [7, 11) is 0. The van der Waals surface area contributed by atoms with E-state index < -0.39 is 17.2 Å². The van der Waals surface area contributed by atoms with Crippen molar-refractivity contribution in [2.45, 2.75) is 75.7 Å². The van der Waals surface area contributed by atoms with E-state index in [0.717, 1.165) is 49.9 Å². The van der Waals surface area contributed by atoms with Crippen LogP contribution in [0.4, 0.5) is 13.6 Å². The molecule has 3 aliphatic rings. The lowest BCUT2D eigenvalue weighted by atomic mass is 9.81. The molecule has 2 saturated heterocycles. The van der Waals surface area contributed by atoms with Crippen molar-refractivity contribution < 1.29 is 18.7 Å². The monoisotopic (exact) mass is 417 g/mol. The van der Waals surface area contributed by atoms with Crippen LogP contribution in [0, 0.1) is 11.6 Å². The molecule has 5 rings (SSSR count). The van der Waals surface area contributed by atoms with Gasteiger partial charge < -0.3 is 19.9 Å². The molecular weight excluding hydrogens is 392 g/mol. The summed E-state index contributed by atoms with van der Waals surface area (Å²) in [4.78, 5) is 14.7. The number of halogens is 2. The number of amides is 2. The minimum absolute atomic E-state index is 0.0959. The Morgan fingerprint density at radius 2 is 2.00 bits per heavy atom. The third-order valence-electron chi connectivity index (χ3n) is 6.70. The van der Waals surface area contributed by atoms with Crippen molar-refractivity contribution in [3.05, 3.63) is 47.0 Å². The van der Waals surface area contributed by atoms with Gasteiger partial charge in [0.15, 0.2) is 5.82 Å². The fourth-order valence-electron chi connectivity index (χ4n) is 5.41. The number of nitrogens with one attached hydrogen (secondary N) is 1. The molecule has 2 N–H and O–H groups in total. The second-order valence-corrected chi connectivity index (χ2v) is 8.78. The molecule has 9 heteroatoms. The molecule has 0 radical (unpaired) electrons. The first kappa shape index (κ1) is 19.4. The first-order valence-electron chi connectivity index (χ1n) is 10.6. The summed E-state index contributed by atoms with van der Waals surface area (Å²) in [6.45, 7) is 1.21. The molecule has 2 aromatic rings. The molecule has 30 heavy (non-hydrogen) atoms. The lowest BCUT2D eigenvalue weighted by molar-refractivity contribution is -0.0387. The molecular formula is C21H25F2N5O2. The SMILES string of the molecule is O=C(NCc1nnc2n1CCC2)N1[C@H]2CC[C@H]1CC(O)(Cc1ccc(F)cc1F)C2. The van der Waals surface area contributed by atoms with E-state index in [1.165, 1.54) is 12.1 Å². The van der Waals surface area contributed by atoms with E-state index in [0.29, 0.717) is 24.9 Å². The molecule has 1 aromatic heterocycles. The average Bonchev–Trinajstić information content (AvgIpc) is 3.37. The maximum atomic E-state index is 14.1. The number of carbonyl (C=O) groups excluding carboxylic acids is 1. The molecule has 2 bridgehead atoms. The largest absolute Gasteiger partial charge is 0.389 e. The summed E-state index contributed by atoms with van der Waals surface area (Å²) in [6, 6.07) is 3.09. The van der Waals surface area contributed by atoms with Gasteiger partial charge in [-0.2, -0.15) is 0 Å². The second kappa shape index (κ2) is 7.30. The zero-order valence-corrected chi connectivity index (χ0v) is 16.7. The molecule has 2 atom stereocenters. The minimum atomic E-state index is -1.10. The first-order chi connectivity index (χ1) is 14.4. The molecule has 2 amide bonds. The summed E-state index contributed by atoms with van der Waals surface area (Å²) < 4.78 is 29.3. The van der Waals surface area contributed by atoms with Crippen molar-refractivity contribution in [1.29, 1.82) is 0 Å². The number of nitrogens with zero attached hydrogens (tertiary/aromatic N) is 4. The number of aromatic nitrogens is 3. The Labute approximate surface area is 173 Å². The van der Waals surface area contributed by atoms with Crippen molar-refractivity contribution in [1.82, 2.24) is 25.0 Å². The summed E-state index contributed by atoms with van der Waals surface area (Å²) in [5.74, 6) is 0.462. The van der Waals surface area contributed by atoms with Gasteiger partial charge in [0.25, 0.3) is 0 Å². The fourth-order valence-corrected chi connectivity index (χ4v) is 5.41. The highest BCUT2D eigenvalue weighted by Gasteiger charge is 2.49. The Morgan fingerprint density at radius 3 is 2.73 bits per heavy atom. The van der Waals surface area contributed by atoms with Gasteiger partial charge >= 0.3 is 6.03 Å². The lowest BCUT2D eigenvalue weighted by Crippen LogP contribution is -2.56. The van der Waals surface area contributed by atoms with Crippen LogP contribution in [0.2, 0.25) is 0 Å². The van der Waals surface area contributed by atoms with Gasteiger partial charge in [0.2, 0.25) is 0 Å². The van der Waals surface area contributed by atoms with E-state index in [9.17, 15) is 18.7 Å². The first-order valence-corrected chi connectivity index (χ1v) is 10.6. The van der Waals surface area contributed by atoms with E-state index in [-0.39, 0.29) is 24.5 Å². The number of hydrogen-bond donors (Lipinski definition) is 2. The van der Waals surface area contributed by atoms with Crippen LogP contribution in [-0.2, 0) is 25.9 Å². The number of aryl methyl sites for hydroxylation is 1.